The summed E-state index contributed by atoms with van der Waals surface area (Å²) in [6.45, 7) is 0.878. The van der Waals surface area contributed by atoms with Crippen LogP contribution in [0.4, 0.5) is 18.9 Å². The van der Waals surface area contributed by atoms with Crippen LogP contribution in [0.3, 0.4) is 0 Å². The highest BCUT2D eigenvalue weighted by atomic mass is 19.2. The first-order chi connectivity index (χ1) is 10.4. The van der Waals surface area contributed by atoms with Crippen LogP contribution in [0, 0.1) is 23.4 Å². The molecular weight excluding hydrogens is 299 g/mol. The zero-order valence-corrected chi connectivity index (χ0v) is 11.7. The average Bonchev–Trinajstić information content (AvgIpc) is 2.48. The molecule has 1 aromatic rings. The molecule has 1 aliphatic heterocycles. The van der Waals surface area contributed by atoms with E-state index in [1.807, 2.05) is 0 Å². The molecule has 1 atom stereocenters. The minimum Gasteiger partial charge on any atom is -0.369 e. The molecule has 2 amide bonds. The van der Waals surface area contributed by atoms with Gasteiger partial charge in [0.2, 0.25) is 11.8 Å². The largest absolute Gasteiger partial charge is 0.369 e. The molecule has 1 heterocycles. The molecule has 8 heteroatoms. The van der Waals surface area contributed by atoms with Gasteiger partial charge in [0.15, 0.2) is 17.5 Å². The number of benzene rings is 1. The Morgan fingerprint density at radius 1 is 1.27 bits per heavy atom. The Morgan fingerprint density at radius 3 is 2.68 bits per heavy atom. The van der Waals surface area contributed by atoms with E-state index < -0.39 is 35.0 Å². The van der Waals surface area contributed by atoms with Crippen LogP contribution in [0.15, 0.2) is 12.1 Å². The number of primary amides is 1. The number of carbonyl (C=O) groups excluding carboxylic acids is 2. The summed E-state index contributed by atoms with van der Waals surface area (Å²) >= 11 is 0. The second-order valence-corrected chi connectivity index (χ2v) is 5.25. The van der Waals surface area contributed by atoms with Gasteiger partial charge in [0, 0.05) is 6.54 Å². The van der Waals surface area contributed by atoms with E-state index in [1.54, 1.807) is 4.90 Å². The number of rotatable bonds is 4. The molecule has 0 aromatic heterocycles. The summed E-state index contributed by atoms with van der Waals surface area (Å²) in [5, 5.41) is 2.19. The molecular formula is C14H16F3N3O2. The molecule has 0 radical (unpaired) electrons. The minimum atomic E-state index is -1.63. The summed E-state index contributed by atoms with van der Waals surface area (Å²) in [7, 11) is 0. The van der Waals surface area contributed by atoms with Crippen molar-refractivity contribution in [3.8, 4) is 0 Å². The zero-order chi connectivity index (χ0) is 16.3. The molecule has 0 saturated carbocycles. The average molecular weight is 315 g/mol. The first-order valence-electron chi connectivity index (χ1n) is 6.83. The number of hydrogen-bond donors (Lipinski definition) is 2. The van der Waals surface area contributed by atoms with Gasteiger partial charge >= 0.3 is 0 Å². The van der Waals surface area contributed by atoms with Gasteiger partial charge in [0.05, 0.1) is 18.2 Å². The molecule has 5 nitrogen and oxygen atoms in total. The normalized spacial score (nSPS) is 19.0. The maximum atomic E-state index is 13.5. The molecule has 0 bridgehead atoms. The quantitative estimate of drug-likeness (QED) is 0.821. The molecule has 3 N–H and O–H groups in total. The van der Waals surface area contributed by atoms with Crippen LogP contribution in [0.25, 0.3) is 0 Å². The summed E-state index contributed by atoms with van der Waals surface area (Å²) in [5.41, 5.74) is 4.82. The third kappa shape index (κ3) is 3.76. The highest BCUT2D eigenvalue weighted by molar-refractivity contribution is 5.92. The lowest BCUT2D eigenvalue weighted by molar-refractivity contribution is -0.125. The first kappa shape index (κ1) is 16.3. The Balaban J connectivity index is 1.96. The number of carbonyl (C=O) groups is 2. The fourth-order valence-electron chi connectivity index (χ4n) is 2.45. The molecule has 1 aliphatic rings. The van der Waals surface area contributed by atoms with Crippen LogP contribution in [0.1, 0.15) is 12.8 Å². The van der Waals surface area contributed by atoms with E-state index in [9.17, 15) is 22.8 Å². The maximum absolute atomic E-state index is 13.5. The van der Waals surface area contributed by atoms with Crippen molar-refractivity contribution in [2.24, 2.45) is 11.7 Å². The van der Waals surface area contributed by atoms with Gasteiger partial charge in [-0.2, -0.15) is 0 Å². The topological polar surface area (TPSA) is 75.4 Å². The number of amides is 2. The van der Waals surface area contributed by atoms with Gasteiger partial charge in [-0.3, -0.25) is 14.5 Å². The lowest BCUT2D eigenvalue weighted by Crippen LogP contribution is -2.44. The van der Waals surface area contributed by atoms with Crippen molar-refractivity contribution >= 4 is 17.5 Å². The van der Waals surface area contributed by atoms with Gasteiger partial charge in [0.25, 0.3) is 0 Å². The van der Waals surface area contributed by atoms with Crippen molar-refractivity contribution in [3.05, 3.63) is 29.6 Å². The Hall–Kier alpha value is -2.09. The third-order valence-corrected chi connectivity index (χ3v) is 3.58. The molecule has 1 saturated heterocycles. The van der Waals surface area contributed by atoms with Gasteiger partial charge in [0.1, 0.15) is 0 Å². The number of piperidine rings is 1. The van der Waals surface area contributed by atoms with Gasteiger partial charge in [-0.15, -0.1) is 0 Å². The molecule has 2 rings (SSSR count). The summed E-state index contributed by atoms with van der Waals surface area (Å²) in [6.07, 6.45) is 1.39. The molecule has 22 heavy (non-hydrogen) atoms. The number of nitrogens with one attached hydrogen (secondary N) is 1. The molecule has 120 valence electrons. The molecule has 1 aromatic carbocycles. The van der Waals surface area contributed by atoms with E-state index in [1.165, 1.54) is 0 Å². The Kier molecular flexibility index (Phi) is 5.02. The van der Waals surface area contributed by atoms with Gasteiger partial charge in [-0.1, -0.05) is 0 Å². The summed E-state index contributed by atoms with van der Waals surface area (Å²) < 4.78 is 39.4. The first-order valence-corrected chi connectivity index (χ1v) is 6.83. The van der Waals surface area contributed by atoms with Crippen molar-refractivity contribution in [1.29, 1.82) is 0 Å². The second-order valence-electron chi connectivity index (χ2n) is 5.25. The molecule has 1 fully saturated rings. The van der Waals surface area contributed by atoms with Crippen LogP contribution in [0.5, 0.6) is 0 Å². The van der Waals surface area contributed by atoms with E-state index in [4.69, 9.17) is 5.73 Å². The van der Waals surface area contributed by atoms with Crippen molar-refractivity contribution < 1.29 is 22.8 Å². The van der Waals surface area contributed by atoms with E-state index >= 15 is 0 Å². The van der Waals surface area contributed by atoms with Crippen LogP contribution < -0.4 is 11.1 Å². The highest BCUT2D eigenvalue weighted by Crippen LogP contribution is 2.20. The van der Waals surface area contributed by atoms with Gasteiger partial charge < -0.3 is 11.1 Å². The van der Waals surface area contributed by atoms with Gasteiger partial charge in [-0.05, 0) is 31.5 Å². The van der Waals surface area contributed by atoms with E-state index in [2.05, 4.69) is 5.32 Å². The van der Waals surface area contributed by atoms with Gasteiger partial charge in [-0.25, -0.2) is 13.2 Å². The Bertz CT molecular complexity index is 595. The van der Waals surface area contributed by atoms with E-state index in [0.717, 1.165) is 18.6 Å². The monoisotopic (exact) mass is 315 g/mol. The number of likely N-dealkylation sites (tertiary alicyclic amines) is 1. The predicted molar refractivity (Wildman–Crippen MR) is 73.3 cm³/mol. The third-order valence-electron chi connectivity index (χ3n) is 3.58. The smallest absolute Gasteiger partial charge is 0.238 e. The zero-order valence-electron chi connectivity index (χ0n) is 11.7. The SMILES string of the molecule is NC(=O)[C@H]1CCCN(CC(=O)Nc2ccc(F)c(F)c2F)C1. The second kappa shape index (κ2) is 6.78. The van der Waals surface area contributed by atoms with Crippen LogP contribution in [-0.4, -0.2) is 36.3 Å². The van der Waals surface area contributed by atoms with Crippen LogP contribution in [-0.2, 0) is 9.59 Å². The predicted octanol–water partition coefficient (Wildman–Crippen LogP) is 1.24. The lowest BCUT2D eigenvalue weighted by atomic mass is 9.97. The number of hydrogen-bond acceptors (Lipinski definition) is 3. The van der Waals surface area contributed by atoms with Crippen LogP contribution in [0.2, 0.25) is 0 Å². The summed E-state index contributed by atoms with van der Waals surface area (Å²) in [4.78, 5) is 24.7. The summed E-state index contributed by atoms with van der Waals surface area (Å²) in [6, 6.07) is 1.69. The van der Waals surface area contributed by atoms with Crippen molar-refractivity contribution in [1.82, 2.24) is 4.90 Å². The summed E-state index contributed by atoms with van der Waals surface area (Å²) in [5.74, 6) is -5.71. The Labute approximate surface area is 125 Å². The van der Waals surface area contributed by atoms with Crippen molar-refractivity contribution in [2.45, 2.75) is 12.8 Å². The van der Waals surface area contributed by atoms with Crippen LogP contribution >= 0.6 is 0 Å². The molecule has 0 aliphatic carbocycles. The molecule has 0 unspecified atom stereocenters. The number of halogens is 3. The van der Waals surface area contributed by atoms with Crippen molar-refractivity contribution in [3.63, 3.8) is 0 Å². The Morgan fingerprint density at radius 2 is 2.00 bits per heavy atom. The van der Waals surface area contributed by atoms with E-state index in [0.29, 0.717) is 19.5 Å². The standard InChI is InChI=1S/C14H16F3N3O2/c15-9-3-4-10(13(17)12(9)16)19-11(21)7-20-5-1-2-8(6-20)14(18)22/h3-4,8H,1-2,5-7H2,(H2,18,22)(H,19,21)/t8-/m0/s1. The number of nitrogens with two attached hydrogens (primary N) is 1. The highest BCUT2D eigenvalue weighted by Gasteiger charge is 2.25. The number of nitrogens with zero attached hydrogens (tertiary/aromatic N) is 1. The fourth-order valence-corrected chi connectivity index (χ4v) is 2.45. The van der Waals surface area contributed by atoms with Crippen molar-refractivity contribution in [2.75, 3.05) is 25.0 Å². The minimum absolute atomic E-state index is 0.0811. The lowest BCUT2D eigenvalue weighted by Gasteiger charge is -2.30. The maximum Gasteiger partial charge on any atom is 0.238 e. The number of anilines is 1. The fraction of sp³-hybridized carbons (Fsp3) is 0.429. The van der Waals surface area contributed by atoms with E-state index in [-0.39, 0.29) is 12.5 Å². The molecule has 0 spiro atoms.